The third-order valence-corrected chi connectivity index (χ3v) is 4.33. The minimum Gasteiger partial charge on any atom is -0.490 e. The number of nitrogens with zero attached hydrogens (tertiary/aromatic N) is 3. The van der Waals surface area contributed by atoms with Crippen molar-refractivity contribution < 1.29 is 4.74 Å². The third kappa shape index (κ3) is 2.52. The molecule has 2 N–H and O–H groups in total. The van der Waals surface area contributed by atoms with Crippen molar-refractivity contribution in [3.05, 3.63) is 6.33 Å². The molecule has 6 heteroatoms. The van der Waals surface area contributed by atoms with Crippen LogP contribution >= 0.6 is 0 Å². The van der Waals surface area contributed by atoms with Gasteiger partial charge in [0.05, 0.1) is 7.11 Å². The van der Waals surface area contributed by atoms with E-state index in [4.69, 9.17) is 4.74 Å². The number of ether oxygens (including phenoxy) is 1. The number of anilines is 2. The zero-order chi connectivity index (χ0) is 13.9. The highest BCUT2D eigenvalue weighted by Gasteiger charge is 2.34. The van der Waals surface area contributed by atoms with Crippen molar-refractivity contribution in [1.29, 1.82) is 0 Å². The lowest BCUT2D eigenvalue weighted by atomic mass is 9.84. The molecule has 0 radical (unpaired) electrons. The van der Waals surface area contributed by atoms with E-state index in [1.807, 2.05) is 6.92 Å². The highest BCUT2D eigenvalue weighted by Crippen LogP contribution is 2.34. The fraction of sp³-hybridized carbons (Fsp3) is 0.714. The van der Waals surface area contributed by atoms with Crippen LogP contribution in [0.4, 0.5) is 11.6 Å². The molecule has 6 nitrogen and oxygen atoms in total. The lowest BCUT2D eigenvalue weighted by Gasteiger charge is -2.45. The second kappa shape index (κ2) is 5.83. The maximum Gasteiger partial charge on any atom is 0.204 e. The SMILES string of the molecule is CCNc1ncnc(NC2CN3CCC2CC3)c1OC. The maximum absolute atomic E-state index is 5.49. The monoisotopic (exact) mass is 277 g/mol. The molecule has 3 saturated heterocycles. The first-order chi connectivity index (χ1) is 9.81. The maximum atomic E-state index is 5.49. The summed E-state index contributed by atoms with van der Waals surface area (Å²) in [6, 6.07) is 0.468. The summed E-state index contributed by atoms with van der Waals surface area (Å²) >= 11 is 0. The Morgan fingerprint density at radius 1 is 1.30 bits per heavy atom. The van der Waals surface area contributed by atoms with Crippen molar-refractivity contribution in [2.45, 2.75) is 25.8 Å². The molecule has 1 atom stereocenters. The van der Waals surface area contributed by atoms with Crippen molar-refractivity contribution >= 4 is 11.6 Å². The van der Waals surface area contributed by atoms with Crippen molar-refractivity contribution in [2.24, 2.45) is 5.92 Å². The van der Waals surface area contributed by atoms with Crippen LogP contribution in [0.25, 0.3) is 0 Å². The number of aromatic nitrogens is 2. The molecular formula is C14H23N5O. The Bertz CT molecular complexity index is 459. The average Bonchev–Trinajstić information content (AvgIpc) is 2.49. The van der Waals surface area contributed by atoms with E-state index in [1.54, 1.807) is 13.4 Å². The van der Waals surface area contributed by atoms with Gasteiger partial charge in [-0.1, -0.05) is 0 Å². The van der Waals surface area contributed by atoms with E-state index in [0.717, 1.165) is 30.6 Å². The van der Waals surface area contributed by atoms with Gasteiger partial charge < -0.3 is 20.3 Å². The topological polar surface area (TPSA) is 62.3 Å². The molecule has 0 aliphatic carbocycles. The van der Waals surface area contributed by atoms with E-state index in [9.17, 15) is 0 Å². The normalized spacial score (nSPS) is 28.2. The van der Waals surface area contributed by atoms with Crippen LogP contribution in [0.15, 0.2) is 6.33 Å². The predicted octanol–water partition coefficient (Wildman–Crippen LogP) is 1.42. The van der Waals surface area contributed by atoms with Crippen LogP contribution in [-0.4, -0.2) is 54.2 Å². The standard InChI is InChI=1S/C14H23N5O/c1-3-15-13-12(20-2)14(17-9-16-13)18-11-8-19-6-4-10(11)5-7-19/h9-11H,3-8H2,1-2H3,(H2,15,16,17,18). The van der Waals surface area contributed by atoms with Crippen molar-refractivity contribution in [1.82, 2.24) is 14.9 Å². The van der Waals surface area contributed by atoms with Gasteiger partial charge in [-0.15, -0.1) is 0 Å². The number of rotatable bonds is 5. The summed E-state index contributed by atoms with van der Waals surface area (Å²) in [7, 11) is 1.67. The predicted molar refractivity (Wildman–Crippen MR) is 79.3 cm³/mol. The van der Waals surface area contributed by atoms with E-state index < -0.39 is 0 Å². The highest BCUT2D eigenvalue weighted by molar-refractivity contribution is 5.63. The lowest BCUT2D eigenvalue weighted by molar-refractivity contribution is 0.0972. The van der Waals surface area contributed by atoms with Crippen molar-refractivity contribution in [3.63, 3.8) is 0 Å². The molecule has 1 unspecified atom stereocenters. The minimum atomic E-state index is 0.468. The smallest absolute Gasteiger partial charge is 0.204 e. The molecule has 3 aliphatic rings. The first-order valence-corrected chi connectivity index (χ1v) is 7.43. The van der Waals surface area contributed by atoms with E-state index in [1.165, 1.54) is 25.9 Å². The fourth-order valence-electron chi connectivity index (χ4n) is 3.27. The van der Waals surface area contributed by atoms with Crippen LogP contribution in [-0.2, 0) is 0 Å². The Morgan fingerprint density at radius 2 is 2.05 bits per heavy atom. The lowest BCUT2D eigenvalue weighted by Crippen LogP contribution is -2.53. The molecule has 2 bridgehead atoms. The van der Waals surface area contributed by atoms with Gasteiger partial charge in [0.2, 0.25) is 5.75 Å². The molecule has 4 heterocycles. The second-order valence-corrected chi connectivity index (χ2v) is 5.52. The average molecular weight is 277 g/mol. The van der Waals surface area contributed by atoms with Crippen molar-refractivity contribution in [2.75, 3.05) is 43.9 Å². The molecule has 0 saturated carbocycles. The van der Waals surface area contributed by atoms with Gasteiger partial charge in [-0.3, -0.25) is 0 Å². The Kier molecular flexibility index (Phi) is 3.91. The molecule has 0 spiro atoms. The van der Waals surface area contributed by atoms with Crippen LogP contribution in [0.3, 0.4) is 0 Å². The van der Waals surface area contributed by atoms with Crippen molar-refractivity contribution in [3.8, 4) is 5.75 Å². The number of methoxy groups -OCH3 is 1. The quantitative estimate of drug-likeness (QED) is 0.849. The van der Waals surface area contributed by atoms with Crippen LogP contribution in [0.1, 0.15) is 19.8 Å². The first kappa shape index (κ1) is 13.4. The zero-order valence-electron chi connectivity index (χ0n) is 12.2. The minimum absolute atomic E-state index is 0.468. The summed E-state index contributed by atoms with van der Waals surface area (Å²) in [5.41, 5.74) is 0. The molecule has 20 heavy (non-hydrogen) atoms. The summed E-state index contributed by atoms with van der Waals surface area (Å²) in [5.74, 6) is 3.03. The molecule has 1 aromatic rings. The molecule has 4 rings (SSSR count). The Hall–Kier alpha value is -1.56. The fourth-order valence-corrected chi connectivity index (χ4v) is 3.27. The zero-order valence-corrected chi connectivity index (χ0v) is 12.2. The number of hydrogen-bond acceptors (Lipinski definition) is 6. The molecule has 0 aromatic carbocycles. The second-order valence-electron chi connectivity index (χ2n) is 5.52. The summed E-state index contributed by atoms with van der Waals surface area (Å²) in [6.45, 7) is 6.45. The van der Waals surface area contributed by atoms with Crippen LogP contribution < -0.4 is 15.4 Å². The van der Waals surface area contributed by atoms with Gasteiger partial charge in [-0.25, -0.2) is 9.97 Å². The highest BCUT2D eigenvalue weighted by atomic mass is 16.5. The Balaban J connectivity index is 1.78. The molecule has 1 aromatic heterocycles. The van der Waals surface area contributed by atoms with Gasteiger partial charge in [-0.05, 0) is 38.8 Å². The summed E-state index contributed by atoms with van der Waals surface area (Å²) in [5, 5.41) is 6.78. The van der Waals surface area contributed by atoms with Gasteiger partial charge in [0.15, 0.2) is 11.6 Å². The van der Waals surface area contributed by atoms with Crippen LogP contribution in [0.5, 0.6) is 5.75 Å². The molecule has 0 amide bonds. The first-order valence-electron chi connectivity index (χ1n) is 7.43. The van der Waals surface area contributed by atoms with E-state index >= 15 is 0 Å². The van der Waals surface area contributed by atoms with Gasteiger partial charge in [0.25, 0.3) is 0 Å². The molecule has 110 valence electrons. The van der Waals surface area contributed by atoms with E-state index in [-0.39, 0.29) is 0 Å². The van der Waals surface area contributed by atoms with Gasteiger partial charge in [0, 0.05) is 19.1 Å². The van der Waals surface area contributed by atoms with Gasteiger partial charge >= 0.3 is 0 Å². The number of piperidine rings is 3. The molecule has 3 aliphatic heterocycles. The largest absolute Gasteiger partial charge is 0.490 e. The summed E-state index contributed by atoms with van der Waals surface area (Å²) in [4.78, 5) is 11.1. The van der Waals surface area contributed by atoms with Crippen LogP contribution in [0.2, 0.25) is 0 Å². The van der Waals surface area contributed by atoms with Gasteiger partial charge in [-0.2, -0.15) is 0 Å². The summed E-state index contributed by atoms with van der Waals surface area (Å²) < 4.78 is 5.49. The van der Waals surface area contributed by atoms with Gasteiger partial charge in [0.1, 0.15) is 6.33 Å². The van der Waals surface area contributed by atoms with E-state index in [2.05, 4.69) is 25.5 Å². The number of nitrogens with one attached hydrogen (secondary N) is 2. The summed E-state index contributed by atoms with van der Waals surface area (Å²) in [6.07, 6.45) is 4.15. The third-order valence-electron chi connectivity index (χ3n) is 4.33. The number of fused-ring (bicyclic) bond motifs is 3. The molecular weight excluding hydrogens is 254 g/mol. The van der Waals surface area contributed by atoms with E-state index in [0.29, 0.717) is 11.8 Å². The Labute approximate surface area is 119 Å². The Morgan fingerprint density at radius 3 is 2.65 bits per heavy atom. The van der Waals surface area contributed by atoms with Crippen LogP contribution in [0, 0.1) is 5.92 Å². The molecule has 3 fully saturated rings. The number of hydrogen-bond donors (Lipinski definition) is 2.